The van der Waals surface area contributed by atoms with Crippen LogP contribution in [0.3, 0.4) is 0 Å². The third kappa shape index (κ3) is 6.52. The van der Waals surface area contributed by atoms with Crippen LogP contribution < -0.4 is 20.7 Å². The average molecular weight is 532 g/mol. The summed E-state index contributed by atoms with van der Waals surface area (Å²) in [7, 11) is 0. The van der Waals surface area contributed by atoms with E-state index in [1.54, 1.807) is 0 Å². The minimum Gasteiger partial charge on any atom is -0.407 e. The summed E-state index contributed by atoms with van der Waals surface area (Å²) in [5.74, 6) is -0.558. The second kappa shape index (κ2) is 10.6. The van der Waals surface area contributed by atoms with Crippen molar-refractivity contribution in [2.45, 2.75) is 50.9 Å². The molecule has 2 aromatic heterocycles. The van der Waals surface area contributed by atoms with E-state index in [0.717, 1.165) is 12.1 Å². The molecule has 0 spiro atoms. The number of nitrogens with one attached hydrogen (secondary N) is 3. The van der Waals surface area contributed by atoms with E-state index in [1.807, 2.05) is 13.8 Å². The monoisotopic (exact) mass is 532 g/mol. The van der Waals surface area contributed by atoms with E-state index in [1.165, 1.54) is 30.7 Å². The Kier molecular flexibility index (Phi) is 7.46. The van der Waals surface area contributed by atoms with Crippen molar-refractivity contribution in [3.63, 3.8) is 0 Å². The van der Waals surface area contributed by atoms with Crippen LogP contribution in [0.5, 0.6) is 5.75 Å². The fourth-order valence-corrected chi connectivity index (χ4v) is 3.50. The summed E-state index contributed by atoms with van der Waals surface area (Å²) in [5.41, 5.74) is -1.90. The lowest BCUT2D eigenvalue weighted by Crippen LogP contribution is -2.49. The van der Waals surface area contributed by atoms with Gasteiger partial charge in [0.05, 0.1) is 47.8 Å². The van der Waals surface area contributed by atoms with Gasteiger partial charge < -0.3 is 20.7 Å². The van der Waals surface area contributed by atoms with Gasteiger partial charge in [-0.3, -0.25) is 9.78 Å². The van der Waals surface area contributed by atoms with Crippen molar-refractivity contribution in [3.8, 4) is 5.75 Å². The molecule has 38 heavy (non-hydrogen) atoms. The number of ether oxygens (including phenoxy) is 1. The fourth-order valence-electron chi connectivity index (χ4n) is 3.50. The molecule has 0 saturated heterocycles. The van der Waals surface area contributed by atoms with Crippen LogP contribution in [0.1, 0.15) is 49.7 Å². The van der Waals surface area contributed by atoms with Crippen molar-refractivity contribution >= 4 is 23.4 Å². The van der Waals surface area contributed by atoms with Crippen molar-refractivity contribution in [2.24, 2.45) is 0 Å². The lowest BCUT2D eigenvalue weighted by Gasteiger charge is -2.17. The summed E-state index contributed by atoms with van der Waals surface area (Å²) in [4.78, 5) is 37.3. The number of alkyl halides is 3. The molecule has 3 N–H and O–H groups in total. The lowest BCUT2D eigenvalue weighted by atomic mass is 10.1. The molecule has 200 valence electrons. The average Bonchev–Trinajstić information content (AvgIpc) is 3.64. The summed E-state index contributed by atoms with van der Waals surface area (Å²) >= 11 is 0. The molecule has 1 fully saturated rings. The first-order chi connectivity index (χ1) is 17.9. The number of hydrogen-bond donors (Lipinski definition) is 3. The molecule has 2 heterocycles. The maximum Gasteiger partial charge on any atom is 0.418 e. The number of benzene rings is 1. The number of carbonyl (C=O) groups is 2. The van der Waals surface area contributed by atoms with Gasteiger partial charge in [-0.05, 0) is 43.2 Å². The van der Waals surface area contributed by atoms with Crippen LogP contribution in [0, 0.1) is 5.82 Å². The molecule has 0 aliphatic heterocycles. The highest BCUT2D eigenvalue weighted by Crippen LogP contribution is 2.37. The molecular formula is C25H24F4N6O3. The molecule has 3 aromatic rings. The van der Waals surface area contributed by atoms with Gasteiger partial charge >= 0.3 is 12.3 Å². The SMILES string of the molecule is CC(C)c1ncc(OC(=O)NC2(C(=O)NCc3ccc(Nc4ccc(F)cc4C(F)(F)F)cn3)CC2)cn1. The Morgan fingerprint density at radius 1 is 1.05 bits per heavy atom. The number of hydrogen-bond acceptors (Lipinski definition) is 7. The summed E-state index contributed by atoms with van der Waals surface area (Å²) in [6.45, 7) is 3.88. The number of rotatable bonds is 8. The number of halogens is 4. The number of aromatic nitrogens is 3. The Hall–Kier alpha value is -4.29. The maximum absolute atomic E-state index is 13.3. The predicted octanol–water partition coefficient (Wildman–Crippen LogP) is 4.83. The van der Waals surface area contributed by atoms with Gasteiger partial charge in [-0.15, -0.1) is 0 Å². The molecule has 0 atom stereocenters. The summed E-state index contributed by atoms with van der Waals surface area (Å²) in [5, 5.41) is 7.83. The topological polar surface area (TPSA) is 118 Å². The Balaban J connectivity index is 1.30. The largest absolute Gasteiger partial charge is 0.418 e. The van der Waals surface area contributed by atoms with Crippen molar-refractivity contribution in [2.75, 3.05) is 5.32 Å². The summed E-state index contributed by atoms with van der Waals surface area (Å²) in [6, 6.07) is 5.32. The number of nitrogens with zero attached hydrogens (tertiary/aromatic N) is 3. The van der Waals surface area contributed by atoms with Crippen molar-refractivity contribution in [3.05, 3.63) is 71.8 Å². The van der Waals surface area contributed by atoms with E-state index in [9.17, 15) is 27.2 Å². The predicted molar refractivity (Wildman–Crippen MR) is 128 cm³/mol. The Morgan fingerprint density at radius 3 is 2.34 bits per heavy atom. The van der Waals surface area contributed by atoms with Crippen LogP contribution in [-0.4, -0.2) is 32.5 Å². The third-order valence-electron chi connectivity index (χ3n) is 5.72. The van der Waals surface area contributed by atoms with Crippen LogP contribution in [0.25, 0.3) is 0 Å². The zero-order chi connectivity index (χ0) is 27.5. The van der Waals surface area contributed by atoms with Crippen LogP contribution in [0.2, 0.25) is 0 Å². The highest BCUT2D eigenvalue weighted by atomic mass is 19.4. The molecule has 2 amide bonds. The number of pyridine rings is 1. The molecule has 1 aliphatic rings. The fraction of sp³-hybridized carbons (Fsp3) is 0.320. The Labute approximate surface area is 215 Å². The van der Waals surface area contributed by atoms with Gasteiger partial charge in [0.25, 0.3) is 0 Å². The van der Waals surface area contributed by atoms with Crippen LogP contribution in [-0.2, 0) is 17.5 Å². The van der Waals surface area contributed by atoms with Gasteiger partial charge in [0.15, 0.2) is 5.75 Å². The summed E-state index contributed by atoms with van der Waals surface area (Å²) < 4.78 is 58.1. The molecule has 0 radical (unpaired) electrons. The lowest BCUT2D eigenvalue weighted by molar-refractivity contribution is -0.137. The van der Waals surface area contributed by atoms with Gasteiger partial charge in [-0.1, -0.05) is 13.8 Å². The standard InChI is InChI=1S/C25H24F4N6O3/c1-14(2)21-31-12-18(13-32-21)38-23(37)35-24(7-8-24)22(36)33-10-16-4-5-17(11-30-16)34-20-6-3-15(26)9-19(20)25(27,28)29/h3-6,9,11-14,34H,7-8,10H2,1-2H3,(H,33,36)(H,35,37). The maximum atomic E-state index is 13.3. The molecule has 1 aromatic carbocycles. The molecular weight excluding hydrogens is 508 g/mol. The molecule has 9 nitrogen and oxygen atoms in total. The molecule has 4 rings (SSSR count). The molecule has 13 heteroatoms. The second-order valence-corrected chi connectivity index (χ2v) is 9.06. The van der Waals surface area contributed by atoms with Gasteiger partial charge in [0, 0.05) is 5.92 Å². The first kappa shape index (κ1) is 26.8. The highest BCUT2D eigenvalue weighted by Gasteiger charge is 2.51. The van der Waals surface area contributed by atoms with E-state index >= 15 is 0 Å². The normalized spacial score (nSPS) is 14.1. The first-order valence-corrected chi connectivity index (χ1v) is 11.6. The molecule has 1 saturated carbocycles. The van der Waals surface area contributed by atoms with Crippen molar-refractivity contribution in [1.82, 2.24) is 25.6 Å². The van der Waals surface area contributed by atoms with Crippen LogP contribution in [0.15, 0.2) is 48.9 Å². The van der Waals surface area contributed by atoms with E-state index in [4.69, 9.17) is 4.74 Å². The minimum absolute atomic E-state index is 0.0203. The quantitative estimate of drug-likeness (QED) is 0.356. The Bertz CT molecular complexity index is 1310. The van der Waals surface area contributed by atoms with E-state index < -0.39 is 35.1 Å². The van der Waals surface area contributed by atoms with Gasteiger partial charge in [-0.2, -0.15) is 13.2 Å². The summed E-state index contributed by atoms with van der Waals surface area (Å²) in [6.07, 6.45) is -0.657. The number of anilines is 2. The number of amides is 2. The molecule has 1 aliphatic carbocycles. The first-order valence-electron chi connectivity index (χ1n) is 11.6. The third-order valence-corrected chi connectivity index (χ3v) is 5.72. The van der Waals surface area contributed by atoms with Gasteiger partial charge in [0.2, 0.25) is 5.91 Å². The zero-order valence-electron chi connectivity index (χ0n) is 20.4. The van der Waals surface area contributed by atoms with E-state index in [0.29, 0.717) is 30.4 Å². The Morgan fingerprint density at radius 2 is 1.76 bits per heavy atom. The van der Waals surface area contributed by atoms with Crippen LogP contribution >= 0.6 is 0 Å². The second-order valence-electron chi connectivity index (χ2n) is 9.06. The molecule has 0 bridgehead atoms. The smallest absolute Gasteiger partial charge is 0.407 e. The van der Waals surface area contributed by atoms with Gasteiger partial charge in [0.1, 0.15) is 17.2 Å². The number of carbonyl (C=O) groups excluding carboxylic acids is 2. The van der Waals surface area contributed by atoms with E-state index in [2.05, 4.69) is 30.9 Å². The van der Waals surface area contributed by atoms with E-state index in [-0.39, 0.29) is 29.6 Å². The minimum atomic E-state index is -4.74. The van der Waals surface area contributed by atoms with Crippen LogP contribution in [0.4, 0.5) is 33.7 Å². The zero-order valence-corrected chi connectivity index (χ0v) is 20.4. The van der Waals surface area contributed by atoms with Crippen molar-refractivity contribution in [1.29, 1.82) is 0 Å². The van der Waals surface area contributed by atoms with Gasteiger partial charge in [-0.25, -0.2) is 19.2 Å². The highest BCUT2D eigenvalue weighted by molar-refractivity contribution is 5.93. The molecule has 0 unspecified atom stereocenters. The van der Waals surface area contributed by atoms with Crippen molar-refractivity contribution < 1.29 is 31.9 Å².